The van der Waals surface area contributed by atoms with Crippen molar-refractivity contribution in [2.45, 2.75) is 32.2 Å². The van der Waals surface area contributed by atoms with Gasteiger partial charge in [-0.1, -0.05) is 0 Å². The number of carbonyl (C=O) groups excluding carboxylic acids is 2. The van der Waals surface area contributed by atoms with Gasteiger partial charge in [-0.05, 0) is 37.5 Å². The van der Waals surface area contributed by atoms with Gasteiger partial charge in [0, 0.05) is 25.5 Å². The van der Waals surface area contributed by atoms with Gasteiger partial charge in [0.05, 0.1) is 6.42 Å². The molecule has 0 aliphatic carbocycles. The molecule has 0 unspecified atom stereocenters. The van der Waals surface area contributed by atoms with Crippen molar-refractivity contribution in [1.29, 1.82) is 0 Å². The number of pyridine rings is 1. The summed E-state index contributed by atoms with van der Waals surface area (Å²) in [4.78, 5) is 29.6. The Balaban J connectivity index is 1.83. The lowest BCUT2D eigenvalue weighted by Crippen LogP contribution is -2.46. The van der Waals surface area contributed by atoms with Gasteiger partial charge in [-0.2, -0.15) is 0 Å². The molecule has 2 heterocycles. The molecule has 1 aromatic rings. The van der Waals surface area contributed by atoms with Crippen molar-refractivity contribution >= 4 is 11.8 Å². The number of likely N-dealkylation sites (tertiary alicyclic amines) is 1. The lowest BCUT2D eigenvalue weighted by atomic mass is 10.2. The summed E-state index contributed by atoms with van der Waals surface area (Å²) in [5.74, 6) is -0.119. The van der Waals surface area contributed by atoms with Crippen LogP contribution in [0.2, 0.25) is 0 Å². The third-order valence-corrected chi connectivity index (χ3v) is 3.28. The Bertz CT molecular complexity index is 441. The van der Waals surface area contributed by atoms with Crippen molar-refractivity contribution in [3.63, 3.8) is 0 Å². The maximum absolute atomic E-state index is 12.0. The molecule has 19 heavy (non-hydrogen) atoms. The normalized spacial score (nSPS) is 16.2. The lowest BCUT2D eigenvalue weighted by molar-refractivity contribution is -0.134. The molecule has 1 atom stereocenters. The van der Waals surface area contributed by atoms with Crippen LogP contribution in [-0.4, -0.2) is 40.8 Å². The van der Waals surface area contributed by atoms with E-state index >= 15 is 0 Å². The minimum Gasteiger partial charge on any atom is -0.344 e. The molecule has 1 aromatic heterocycles. The van der Waals surface area contributed by atoms with E-state index < -0.39 is 6.04 Å². The fraction of sp³-hybridized carbons (Fsp3) is 0.500. The number of aromatic nitrogens is 1. The second-order valence-corrected chi connectivity index (χ2v) is 4.85. The van der Waals surface area contributed by atoms with Gasteiger partial charge in [-0.15, -0.1) is 0 Å². The van der Waals surface area contributed by atoms with Crippen LogP contribution in [0, 0.1) is 0 Å². The SMILES string of the molecule is C[C@H](NC(=O)Cc1ccncc1)C(=O)N1CCCC1. The van der Waals surface area contributed by atoms with Gasteiger partial charge in [0.25, 0.3) is 0 Å². The molecule has 0 bridgehead atoms. The van der Waals surface area contributed by atoms with E-state index in [2.05, 4.69) is 10.3 Å². The Labute approximate surface area is 113 Å². The van der Waals surface area contributed by atoms with Crippen LogP contribution in [0.15, 0.2) is 24.5 Å². The quantitative estimate of drug-likeness (QED) is 0.870. The summed E-state index contributed by atoms with van der Waals surface area (Å²) in [7, 11) is 0. The van der Waals surface area contributed by atoms with Gasteiger partial charge >= 0.3 is 0 Å². The summed E-state index contributed by atoms with van der Waals surface area (Å²) in [6.45, 7) is 3.36. The first-order chi connectivity index (χ1) is 9.16. The van der Waals surface area contributed by atoms with Gasteiger partial charge in [0.15, 0.2) is 0 Å². The standard InChI is InChI=1S/C14H19N3O2/c1-11(14(19)17-8-2-3-9-17)16-13(18)10-12-4-6-15-7-5-12/h4-7,11H,2-3,8-10H2,1H3,(H,16,18)/t11-/m0/s1. The molecule has 0 saturated carbocycles. The third-order valence-electron chi connectivity index (χ3n) is 3.28. The molecule has 0 aromatic carbocycles. The van der Waals surface area contributed by atoms with E-state index in [4.69, 9.17) is 0 Å². The Kier molecular flexibility index (Phi) is 4.49. The summed E-state index contributed by atoms with van der Waals surface area (Å²) in [6.07, 6.45) is 5.70. The molecule has 5 nitrogen and oxygen atoms in total. The highest BCUT2D eigenvalue weighted by Crippen LogP contribution is 2.09. The van der Waals surface area contributed by atoms with E-state index in [-0.39, 0.29) is 18.2 Å². The first kappa shape index (κ1) is 13.5. The summed E-state index contributed by atoms with van der Waals surface area (Å²) in [6, 6.07) is 3.14. The van der Waals surface area contributed by atoms with Gasteiger partial charge in [0.2, 0.25) is 11.8 Å². The Hall–Kier alpha value is -1.91. The molecule has 102 valence electrons. The van der Waals surface area contributed by atoms with Crippen molar-refractivity contribution in [2.75, 3.05) is 13.1 Å². The molecule has 5 heteroatoms. The predicted octanol–water partition coefficient (Wildman–Crippen LogP) is 0.751. The predicted molar refractivity (Wildman–Crippen MR) is 71.4 cm³/mol. The van der Waals surface area contributed by atoms with Gasteiger partial charge in [0.1, 0.15) is 6.04 Å². The van der Waals surface area contributed by atoms with Crippen LogP contribution in [0.4, 0.5) is 0 Å². The van der Waals surface area contributed by atoms with Crippen LogP contribution < -0.4 is 5.32 Å². The molecule has 2 rings (SSSR count). The second-order valence-electron chi connectivity index (χ2n) is 4.85. The third kappa shape index (κ3) is 3.77. The number of rotatable bonds is 4. The molecule has 0 spiro atoms. The van der Waals surface area contributed by atoms with Gasteiger partial charge in [-0.25, -0.2) is 0 Å². The van der Waals surface area contributed by atoms with Crippen LogP contribution in [0.25, 0.3) is 0 Å². The van der Waals surface area contributed by atoms with Crippen molar-refractivity contribution in [2.24, 2.45) is 0 Å². The average Bonchev–Trinajstić information content (AvgIpc) is 2.92. The molecule has 1 fully saturated rings. The van der Waals surface area contributed by atoms with Crippen molar-refractivity contribution in [1.82, 2.24) is 15.2 Å². The molecule has 1 aliphatic rings. The molecule has 1 saturated heterocycles. The number of hydrogen-bond donors (Lipinski definition) is 1. The largest absolute Gasteiger partial charge is 0.344 e. The monoisotopic (exact) mass is 261 g/mol. The van der Waals surface area contributed by atoms with Gasteiger partial charge < -0.3 is 10.2 Å². The number of hydrogen-bond acceptors (Lipinski definition) is 3. The maximum atomic E-state index is 12.0. The van der Waals surface area contributed by atoms with Crippen molar-refractivity contribution in [3.8, 4) is 0 Å². The first-order valence-corrected chi connectivity index (χ1v) is 6.64. The number of amides is 2. The Morgan fingerprint density at radius 2 is 1.95 bits per heavy atom. The molecular weight excluding hydrogens is 242 g/mol. The van der Waals surface area contributed by atoms with E-state index in [1.807, 2.05) is 4.90 Å². The fourth-order valence-electron chi connectivity index (χ4n) is 2.25. The zero-order chi connectivity index (χ0) is 13.7. The van der Waals surface area contributed by atoms with Crippen LogP contribution in [0.3, 0.4) is 0 Å². The van der Waals surface area contributed by atoms with E-state index in [1.54, 1.807) is 31.5 Å². The lowest BCUT2D eigenvalue weighted by Gasteiger charge is -2.21. The zero-order valence-electron chi connectivity index (χ0n) is 11.1. The topological polar surface area (TPSA) is 62.3 Å². The summed E-state index contributed by atoms with van der Waals surface area (Å²) < 4.78 is 0. The zero-order valence-corrected chi connectivity index (χ0v) is 11.1. The fourth-order valence-corrected chi connectivity index (χ4v) is 2.25. The Morgan fingerprint density at radius 1 is 1.32 bits per heavy atom. The molecule has 1 N–H and O–H groups in total. The number of nitrogens with zero attached hydrogens (tertiary/aromatic N) is 2. The summed E-state index contributed by atoms with van der Waals surface area (Å²) in [5.41, 5.74) is 0.897. The van der Waals surface area contributed by atoms with Crippen LogP contribution >= 0.6 is 0 Å². The van der Waals surface area contributed by atoms with Crippen LogP contribution in [-0.2, 0) is 16.0 Å². The van der Waals surface area contributed by atoms with Crippen LogP contribution in [0.5, 0.6) is 0 Å². The highest BCUT2D eigenvalue weighted by Gasteiger charge is 2.24. The highest BCUT2D eigenvalue weighted by molar-refractivity contribution is 5.88. The summed E-state index contributed by atoms with van der Waals surface area (Å²) in [5, 5.41) is 2.75. The van der Waals surface area contributed by atoms with E-state index in [1.165, 1.54) is 0 Å². The highest BCUT2D eigenvalue weighted by atomic mass is 16.2. The minimum atomic E-state index is -0.451. The van der Waals surface area contributed by atoms with Crippen LogP contribution in [0.1, 0.15) is 25.3 Å². The smallest absolute Gasteiger partial charge is 0.244 e. The van der Waals surface area contributed by atoms with Gasteiger partial charge in [-0.3, -0.25) is 14.6 Å². The van der Waals surface area contributed by atoms with Crippen molar-refractivity contribution in [3.05, 3.63) is 30.1 Å². The molecule has 2 amide bonds. The molecular formula is C14H19N3O2. The minimum absolute atomic E-state index is 0.0144. The Morgan fingerprint density at radius 3 is 2.58 bits per heavy atom. The van der Waals surface area contributed by atoms with E-state index in [9.17, 15) is 9.59 Å². The average molecular weight is 261 g/mol. The molecule has 1 aliphatic heterocycles. The number of nitrogens with one attached hydrogen (secondary N) is 1. The second kappa shape index (κ2) is 6.31. The summed E-state index contributed by atoms with van der Waals surface area (Å²) >= 11 is 0. The molecule has 0 radical (unpaired) electrons. The number of carbonyl (C=O) groups is 2. The maximum Gasteiger partial charge on any atom is 0.244 e. The van der Waals surface area contributed by atoms with E-state index in [0.717, 1.165) is 31.5 Å². The first-order valence-electron chi connectivity index (χ1n) is 6.64. The van der Waals surface area contributed by atoms with Crippen molar-refractivity contribution < 1.29 is 9.59 Å². The van der Waals surface area contributed by atoms with E-state index in [0.29, 0.717) is 0 Å².